The van der Waals surface area contributed by atoms with Crippen LogP contribution in [0.4, 0.5) is 5.69 Å². The molecule has 0 aliphatic heterocycles. The molecule has 0 saturated carbocycles. The minimum absolute atomic E-state index is 0.0597. The highest BCUT2D eigenvalue weighted by Crippen LogP contribution is 2.24. The average molecular weight is 489 g/mol. The molecule has 0 radical (unpaired) electrons. The van der Waals surface area contributed by atoms with Gasteiger partial charge in [0.1, 0.15) is 0 Å². The predicted octanol–water partition coefficient (Wildman–Crippen LogP) is 3.63. The number of hydrogen-bond donors (Lipinski definition) is 2. The summed E-state index contributed by atoms with van der Waals surface area (Å²) in [5.41, 5.74) is 6.04. The van der Waals surface area contributed by atoms with Gasteiger partial charge in [0.15, 0.2) is 0 Å². The molecule has 9 heteroatoms. The first kappa shape index (κ1) is 21.5. The molecule has 30 heavy (non-hydrogen) atoms. The van der Waals surface area contributed by atoms with Crippen molar-refractivity contribution in [1.82, 2.24) is 0 Å². The molecule has 0 spiro atoms. The molecule has 0 bridgehead atoms. The summed E-state index contributed by atoms with van der Waals surface area (Å²) in [6.07, 6.45) is -1.29. The zero-order valence-electron chi connectivity index (χ0n) is 15.5. The Morgan fingerprint density at radius 2 is 1.63 bits per heavy atom. The highest BCUT2D eigenvalue weighted by atomic mass is 79.9. The van der Waals surface area contributed by atoms with E-state index in [1.54, 1.807) is 42.5 Å². The van der Waals surface area contributed by atoms with E-state index in [4.69, 9.17) is 10.5 Å². The van der Waals surface area contributed by atoms with Gasteiger partial charge < -0.3 is 10.5 Å². The van der Waals surface area contributed by atoms with E-state index in [2.05, 4.69) is 20.7 Å². The second-order valence-corrected chi connectivity index (χ2v) is 8.84. The Bertz CT molecular complexity index is 1180. The van der Waals surface area contributed by atoms with Crippen molar-refractivity contribution in [3.05, 3.63) is 94.5 Å². The van der Waals surface area contributed by atoms with Gasteiger partial charge in [0.25, 0.3) is 15.9 Å². The third-order valence-electron chi connectivity index (χ3n) is 4.04. The van der Waals surface area contributed by atoms with Gasteiger partial charge in [0.2, 0.25) is 6.10 Å². The van der Waals surface area contributed by atoms with Crippen molar-refractivity contribution >= 4 is 43.5 Å². The van der Waals surface area contributed by atoms with Gasteiger partial charge in [-0.05, 0) is 42.5 Å². The Hall–Kier alpha value is -3.17. The summed E-state index contributed by atoms with van der Waals surface area (Å²) in [6.45, 7) is 0. The molecule has 0 aliphatic carbocycles. The minimum Gasteiger partial charge on any atom is -0.444 e. The number of carbonyl (C=O) groups is 2. The van der Waals surface area contributed by atoms with Gasteiger partial charge in [-0.2, -0.15) is 0 Å². The number of carbonyl (C=O) groups excluding carboxylic acids is 2. The number of esters is 1. The number of nitrogens with two attached hydrogens (primary N) is 1. The van der Waals surface area contributed by atoms with Crippen LogP contribution in [0, 0.1) is 0 Å². The summed E-state index contributed by atoms with van der Waals surface area (Å²) >= 11 is 3.29. The summed E-state index contributed by atoms with van der Waals surface area (Å²) in [5.74, 6) is -1.65. The number of primary amides is 1. The van der Waals surface area contributed by atoms with Crippen molar-refractivity contribution in [3.8, 4) is 0 Å². The van der Waals surface area contributed by atoms with Crippen LogP contribution in [0.5, 0.6) is 0 Å². The van der Waals surface area contributed by atoms with Crippen molar-refractivity contribution in [2.75, 3.05) is 4.72 Å². The fraction of sp³-hybridized carbons (Fsp3) is 0.0476. The third-order valence-corrected chi connectivity index (χ3v) is 5.93. The molecule has 0 heterocycles. The monoisotopic (exact) mass is 488 g/mol. The Kier molecular flexibility index (Phi) is 6.53. The van der Waals surface area contributed by atoms with E-state index < -0.39 is 28.0 Å². The summed E-state index contributed by atoms with van der Waals surface area (Å²) in [5, 5.41) is 0. The van der Waals surface area contributed by atoms with Gasteiger partial charge in [-0.15, -0.1) is 0 Å². The first-order valence-corrected chi connectivity index (χ1v) is 11.0. The molecule has 154 valence electrons. The summed E-state index contributed by atoms with van der Waals surface area (Å²) in [7, 11) is -3.82. The van der Waals surface area contributed by atoms with E-state index in [9.17, 15) is 18.0 Å². The second kappa shape index (κ2) is 9.10. The standard InChI is InChI=1S/C21H17BrN2O5S/c22-16-8-4-6-14(12-16)19(20(23)25)29-21(26)15-7-5-9-17(13-15)24-30(27,28)18-10-2-1-3-11-18/h1-13,19,24H,(H2,23,25). The summed E-state index contributed by atoms with van der Waals surface area (Å²) in [4.78, 5) is 24.5. The minimum atomic E-state index is -3.82. The molecule has 0 fully saturated rings. The lowest BCUT2D eigenvalue weighted by Gasteiger charge is -2.16. The molecule has 3 aromatic rings. The molecule has 7 nitrogen and oxygen atoms in total. The van der Waals surface area contributed by atoms with Gasteiger partial charge in [0.05, 0.1) is 10.5 Å². The first-order chi connectivity index (χ1) is 14.3. The zero-order chi connectivity index (χ0) is 21.7. The normalized spacial score (nSPS) is 12.0. The quantitative estimate of drug-likeness (QED) is 0.492. The van der Waals surface area contributed by atoms with E-state index >= 15 is 0 Å². The van der Waals surface area contributed by atoms with Crippen LogP contribution >= 0.6 is 15.9 Å². The fourth-order valence-electron chi connectivity index (χ4n) is 2.66. The van der Waals surface area contributed by atoms with Crippen molar-refractivity contribution in [2.45, 2.75) is 11.0 Å². The Labute approximate surface area is 182 Å². The number of rotatable bonds is 7. The van der Waals surface area contributed by atoms with Crippen LogP contribution in [0.15, 0.2) is 88.2 Å². The number of sulfonamides is 1. The van der Waals surface area contributed by atoms with Gasteiger partial charge >= 0.3 is 5.97 Å². The van der Waals surface area contributed by atoms with E-state index in [1.165, 1.54) is 36.4 Å². The maximum absolute atomic E-state index is 12.6. The largest absolute Gasteiger partial charge is 0.444 e. The highest BCUT2D eigenvalue weighted by molar-refractivity contribution is 9.10. The number of ether oxygens (including phenoxy) is 1. The van der Waals surface area contributed by atoms with Gasteiger partial charge in [-0.25, -0.2) is 13.2 Å². The summed E-state index contributed by atoms with van der Waals surface area (Å²) in [6, 6.07) is 20.3. The second-order valence-electron chi connectivity index (χ2n) is 6.24. The van der Waals surface area contributed by atoms with E-state index in [0.717, 1.165) is 0 Å². The topological polar surface area (TPSA) is 116 Å². The molecule has 3 rings (SSSR count). The smallest absolute Gasteiger partial charge is 0.339 e. The van der Waals surface area contributed by atoms with Crippen LogP contribution in [0.25, 0.3) is 0 Å². The number of nitrogens with one attached hydrogen (secondary N) is 1. The molecule has 0 saturated heterocycles. The lowest BCUT2D eigenvalue weighted by molar-refractivity contribution is -0.127. The van der Waals surface area contributed by atoms with Gasteiger partial charge in [-0.3, -0.25) is 9.52 Å². The van der Waals surface area contributed by atoms with Crippen LogP contribution in [0.1, 0.15) is 22.0 Å². The Morgan fingerprint density at radius 1 is 0.933 bits per heavy atom. The van der Waals surface area contributed by atoms with E-state index in [-0.39, 0.29) is 16.1 Å². The molecule has 1 unspecified atom stereocenters. The Balaban J connectivity index is 1.81. The van der Waals surface area contributed by atoms with Crippen LogP contribution in [-0.2, 0) is 19.6 Å². The molecule has 0 aliphatic rings. The zero-order valence-corrected chi connectivity index (χ0v) is 17.9. The third kappa shape index (κ3) is 5.25. The van der Waals surface area contributed by atoms with Crippen molar-refractivity contribution in [1.29, 1.82) is 0 Å². The highest BCUT2D eigenvalue weighted by Gasteiger charge is 2.24. The molecule has 1 atom stereocenters. The van der Waals surface area contributed by atoms with E-state index in [1.807, 2.05) is 0 Å². The van der Waals surface area contributed by atoms with Crippen LogP contribution in [0.2, 0.25) is 0 Å². The predicted molar refractivity (Wildman–Crippen MR) is 115 cm³/mol. The van der Waals surface area contributed by atoms with Crippen molar-refractivity contribution < 1.29 is 22.7 Å². The number of halogens is 1. The van der Waals surface area contributed by atoms with Crippen molar-refractivity contribution in [3.63, 3.8) is 0 Å². The maximum Gasteiger partial charge on any atom is 0.339 e. The van der Waals surface area contributed by atoms with Crippen LogP contribution < -0.4 is 10.5 Å². The van der Waals surface area contributed by atoms with E-state index in [0.29, 0.717) is 10.0 Å². The molecular weight excluding hydrogens is 472 g/mol. The SMILES string of the molecule is NC(=O)C(OC(=O)c1cccc(NS(=O)(=O)c2ccccc2)c1)c1cccc(Br)c1. The summed E-state index contributed by atoms with van der Waals surface area (Å²) < 4.78 is 33.4. The maximum atomic E-state index is 12.6. The lowest BCUT2D eigenvalue weighted by atomic mass is 10.1. The molecule has 3 N–H and O–H groups in total. The lowest BCUT2D eigenvalue weighted by Crippen LogP contribution is -2.26. The van der Waals surface area contributed by atoms with Gasteiger partial charge in [-0.1, -0.05) is 52.3 Å². The average Bonchev–Trinajstić information content (AvgIpc) is 2.72. The molecule has 3 aromatic carbocycles. The van der Waals surface area contributed by atoms with Crippen molar-refractivity contribution in [2.24, 2.45) is 5.73 Å². The fourth-order valence-corrected chi connectivity index (χ4v) is 4.15. The van der Waals surface area contributed by atoms with Crippen LogP contribution in [0.3, 0.4) is 0 Å². The molecular formula is C21H17BrN2O5S. The Morgan fingerprint density at radius 3 is 2.30 bits per heavy atom. The number of hydrogen-bond acceptors (Lipinski definition) is 5. The molecule has 1 amide bonds. The molecule has 0 aromatic heterocycles. The number of anilines is 1. The van der Waals surface area contributed by atoms with Gasteiger partial charge in [0, 0.05) is 15.7 Å². The number of benzene rings is 3. The first-order valence-electron chi connectivity index (χ1n) is 8.70. The number of amides is 1. The van der Waals surface area contributed by atoms with Crippen LogP contribution in [-0.4, -0.2) is 20.3 Å².